The molecule has 0 spiro atoms. The van der Waals surface area contributed by atoms with Crippen LogP contribution in [-0.2, 0) is 6.54 Å². The van der Waals surface area contributed by atoms with E-state index in [-0.39, 0.29) is 11.4 Å². The smallest absolute Gasteiger partial charge is 0.273 e. The van der Waals surface area contributed by atoms with Crippen LogP contribution in [0.5, 0.6) is 5.88 Å². The van der Waals surface area contributed by atoms with Crippen molar-refractivity contribution in [3.63, 3.8) is 0 Å². The first-order valence-corrected chi connectivity index (χ1v) is 8.67. The predicted molar refractivity (Wildman–Crippen MR) is 87.3 cm³/mol. The minimum atomic E-state index is -0.134. The molecule has 22 heavy (non-hydrogen) atoms. The van der Waals surface area contributed by atoms with Gasteiger partial charge in [-0.2, -0.15) is 5.10 Å². The van der Waals surface area contributed by atoms with E-state index in [0.29, 0.717) is 29.2 Å². The second kappa shape index (κ2) is 6.20. The first-order valence-electron chi connectivity index (χ1n) is 7.88. The average Bonchev–Trinajstić information content (AvgIpc) is 3.11. The predicted octanol–water partition coefficient (Wildman–Crippen LogP) is 2.03. The number of likely N-dealkylation sites (N-methyl/N-ethyl adjacent to an activating group) is 1. The Balaban J connectivity index is 1.71. The molecule has 3 rings (SSSR count). The number of fused-ring (bicyclic) bond motifs is 1. The van der Waals surface area contributed by atoms with Crippen LogP contribution < -0.4 is 10.1 Å². The highest BCUT2D eigenvalue weighted by Crippen LogP contribution is 2.34. The van der Waals surface area contributed by atoms with E-state index in [0.717, 1.165) is 25.8 Å². The number of nitrogens with one attached hydrogen (secondary N) is 1. The Labute approximate surface area is 139 Å². The van der Waals surface area contributed by atoms with Crippen LogP contribution in [0.4, 0.5) is 0 Å². The van der Waals surface area contributed by atoms with Crippen LogP contribution in [0.1, 0.15) is 42.6 Å². The molecule has 0 radical (unpaired) electrons. The highest BCUT2D eigenvalue weighted by Gasteiger charge is 2.36. The van der Waals surface area contributed by atoms with Gasteiger partial charge in [0.25, 0.3) is 5.91 Å². The summed E-state index contributed by atoms with van der Waals surface area (Å²) in [4.78, 5) is 14.8. The first-order chi connectivity index (χ1) is 10.5. The van der Waals surface area contributed by atoms with E-state index in [1.165, 1.54) is 12.8 Å². The van der Waals surface area contributed by atoms with Gasteiger partial charge in [-0.25, -0.2) is 4.68 Å². The number of ether oxygens (including phenoxy) is 1. The van der Waals surface area contributed by atoms with E-state index in [1.54, 1.807) is 4.68 Å². The van der Waals surface area contributed by atoms with Gasteiger partial charge in [0, 0.05) is 25.0 Å². The van der Waals surface area contributed by atoms with Crippen molar-refractivity contribution in [2.75, 3.05) is 27.2 Å². The molecule has 0 atom stereocenters. The molecule has 2 aliphatic rings. The largest absolute Gasteiger partial charge is 0.477 e. The monoisotopic (exact) mass is 370 g/mol. The van der Waals surface area contributed by atoms with Crippen molar-refractivity contribution in [3.05, 3.63) is 10.2 Å². The molecule has 6 nitrogen and oxygen atoms in total. The molecule has 1 aromatic rings. The van der Waals surface area contributed by atoms with Crippen LogP contribution >= 0.6 is 15.9 Å². The molecule has 1 aromatic heterocycles. The Morgan fingerprint density at radius 2 is 2.14 bits per heavy atom. The van der Waals surface area contributed by atoms with Gasteiger partial charge in [-0.15, -0.1) is 0 Å². The summed E-state index contributed by atoms with van der Waals surface area (Å²) >= 11 is 3.45. The Bertz CT molecular complexity index is 564. The molecule has 122 valence electrons. The normalized spacial score (nSPS) is 19.8. The number of aromatic nitrogens is 2. The van der Waals surface area contributed by atoms with Crippen LogP contribution in [0.25, 0.3) is 0 Å². The molecule has 7 heteroatoms. The van der Waals surface area contributed by atoms with Gasteiger partial charge in [0.15, 0.2) is 5.69 Å². The summed E-state index contributed by atoms with van der Waals surface area (Å²) in [6, 6.07) is 0. The van der Waals surface area contributed by atoms with Crippen LogP contribution in [0.2, 0.25) is 0 Å². The average molecular weight is 371 g/mol. The third-order valence-corrected chi connectivity index (χ3v) is 5.59. The summed E-state index contributed by atoms with van der Waals surface area (Å²) in [7, 11) is 4.19. The lowest BCUT2D eigenvalue weighted by Crippen LogP contribution is -2.50. The fraction of sp³-hybridized carbons (Fsp3) is 0.733. The van der Waals surface area contributed by atoms with Gasteiger partial charge in [0.1, 0.15) is 4.47 Å². The lowest BCUT2D eigenvalue weighted by atomic mass is 9.96. The standard InChI is InChI=1S/C15H23BrN4O2/c1-19(2)15(6-3-4-7-15)10-17-13(21)12-11(16)14-20(18-12)8-5-9-22-14/h3-10H2,1-2H3,(H,17,21). The zero-order chi connectivity index (χ0) is 15.7. The minimum Gasteiger partial charge on any atom is -0.477 e. The van der Waals surface area contributed by atoms with Gasteiger partial charge in [-0.05, 0) is 42.9 Å². The van der Waals surface area contributed by atoms with Crippen molar-refractivity contribution in [2.24, 2.45) is 0 Å². The minimum absolute atomic E-state index is 0.0813. The van der Waals surface area contributed by atoms with E-state index in [4.69, 9.17) is 4.74 Å². The topological polar surface area (TPSA) is 59.4 Å². The Morgan fingerprint density at radius 1 is 1.41 bits per heavy atom. The number of hydrogen-bond acceptors (Lipinski definition) is 4. The van der Waals surface area contributed by atoms with E-state index in [9.17, 15) is 4.79 Å². The Morgan fingerprint density at radius 3 is 2.77 bits per heavy atom. The molecule has 1 amide bonds. The van der Waals surface area contributed by atoms with Crippen molar-refractivity contribution in [2.45, 2.75) is 44.2 Å². The fourth-order valence-corrected chi connectivity index (χ4v) is 3.96. The van der Waals surface area contributed by atoms with Gasteiger partial charge in [0.05, 0.1) is 6.61 Å². The van der Waals surface area contributed by atoms with Crippen molar-refractivity contribution in [1.29, 1.82) is 0 Å². The van der Waals surface area contributed by atoms with Crippen LogP contribution in [0, 0.1) is 0 Å². The molecule has 0 saturated heterocycles. The van der Waals surface area contributed by atoms with Crippen LogP contribution in [0.3, 0.4) is 0 Å². The summed E-state index contributed by atoms with van der Waals surface area (Å²) < 4.78 is 8.01. The second-order valence-corrected chi connectivity index (χ2v) is 7.19. The van der Waals surface area contributed by atoms with Gasteiger partial charge in [0.2, 0.25) is 5.88 Å². The van der Waals surface area contributed by atoms with E-state index >= 15 is 0 Å². The molecule has 2 heterocycles. The first kappa shape index (κ1) is 15.8. The van der Waals surface area contributed by atoms with Gasteiger partial charge in [-0.3, -0.25) is 4.79 Å². The molecular formula is C15H23BrN4O2. The number of hydrogen-bond donors (Lipinski definition) is 1. The van der Waals surface area contributed by atoms with Crippen molar-refractivity contribution in [1.82, 2.24) is 20.0 Å². The maximum Gasteiger partial charge on any atom is 0.273 e. The highest BCUT2D eigenvalue weighted by atomic mass is 79.9. The number of aryl methyl sites for hydroxylation is 1. The molecule has 1 aliphatic carbocycles. The summed E-state index contributed by atoms with van der Waals surface area (Å²) in [5.74, 6) is 0.532. The van der Waals surface area contributed by atoms with Crippen LogP contribution in [0.15, 0.2) is 4.47 Å². The Kier molecular flexibility index (Phi) is 4.45. The molecule has 0 bridgehead atoms. The quantitative estimate of drug-likeness (QED) is 0.880. The number of amides is 1. The van der Waals surface area contributed by atoms with Crippen molar-refractivity contribution < 1.29 is 9.53 Å². The summed E-state index contributed by atoms with van der Waals surface area (Å²) in [5, 5.41) is 7.45. The highest BCUT2D eigenvalue weighted by molar-refractivity contribution is 9.10. The SMILES string of the molecule is CN(C)C1(CNC(=O)c2nn3c(c2Br)OCCC3)CCCC1. The van der Waals surface area contributed by atoms with Gasteiger partial charge < -0.3 is 15.0 Å². The number of rotatable bonds is 4. The third-order valence-electron chi connectivity index (χ3n) is 4.88. The summed E-state index contributed by atoms with van der Waals surface area (Å²) in [6.45, 7) is 2.13. The summed E-state index contributed by atoms with van der Waals surface area (Å²) in [5.41, 5.74) is 0.502. The maximum atomic E-state index is 12.5. The Hall–Kier alpha value is -1.08. The number of carbonyl (C=O) groups is 1. The number of nitrogens with zero attached hydrogens (tertiary/aromatic N) is 3. The van der Waals surface area contributed by atoms with E-state index in [2.05, 4.69) is 45.3 Å². The van der Waals surface area contributed by atoms with Crippen molar-refractivity contribution in [3.8, 4) is 5.88 Å². The molecule has 0 unspecified atom stereocenters. The van der Waals surface area contributed by atoms with Crippen LogP contribution in [-0.4, -0.2) is 53.4 Å². The summed E-state index contributed by atoms with van der Waals surface area (Å²) in [6.07, 6.45) is 5.63. The lowest BCUT2D eigenvalue weighted by Gasteiger charge is -2.36. The third kappa shape index (κ3) is 2.76. The van der Waals surface area contributed by atoms with E-state index < -0.39 is 0 Å². The number of carbonyl (C=O) groups excluding carboxylic acids is 1. The lowest BCUT2D eigenvalue weighted by molar-refractivity contribution is 0.0893. The maximum absolute atomic E-state index is 12.5. The zero-order valence-electron chi connectivity index (χ0n) is 13.2. The fourth-order valence-electron chi connectivity index (χ4n) is 3.39. The van der Waals surface area contributed by atoms with E-state index in [1.807, 2.05) is 0 Å². The molecule has 1 aliphatic heterocycles. The molecule has 1 saturated carbocycles. The van der Waals surface area contributed by atoms with Gasteiger partial charge in [-0.1, -0.05) is 12.8 Å². The molecule has 0 aromatic carbocycles. The molecule has 1 fully saturated rings. The second-order valence-electron chi connectivity index (χ2n) is 6.40. The number of halogens is 1. The zero-order valence-corrected chi connectivity index (χ0v) is 14.8. The van der Waals surface area contributed by atoms with Gasteiger partial charge >= 0.3 is 0 Å². The molecule has 1 N–H and O–H groups in total. The van der Waals surface area contributed by atoms with Crippen molar-refractivity contribution >= 4 is 21.8 Å². The molecular weight excluding hydrogens is 348 g/mol.